The molecule has 1 amide bonds. The van der Waals surface area contributed by atoms with Crippen molar-refractivity contribution in [1.29, 1.82) is 0 Å². The van der Waals surface area contributed by atoms with Crippen LogP contribution in [0.15, 0.2) is 29.2 Å². The Bertz CT molecular complexity index is 710. The summed E-state index contributed by atoms with van der Waals surface area (Å²) in [6.45, 7) is 5.69. The van der Waals surface area contributed by atoms with Crippen molar-refractivity contribution < 1.29 is 13.2 Å². The quantitative estimate of drug-likeness (QED) is 0.817. The Morgan fingerprint density at radius 3 is 2.24 bits per heavy atom. The van der Waals surface area contributed by atoms with Crippen molar-refractivity contribution in [3.8, 4) is 0 Å². The second kappa shape index (κ2) is 7.43. The van der Waals surface area contributed by atoms with Gasteiger partial charge in [0.2, 0.25) is 10.0 Å². The van der Waals surface area contributed by atoms with E-state index >= 15 is 0 Å². The zero-order chi connectivity index (χ0) is 18.0. The average molecular weight is 365 g/mol. The van der Waals surface area contributed by atoms with Gasteiger partial charge in [-0.3, -0.25) is 4.79 Å². The lowest BCUT2D eigenvalue weighted by molar-refractivity contribution is 0.0664. The number of nitrogens with zero attached hydrogens (tertiary/aromatic N) is 3. The van der Waals surface area contributed by atoms with E-state index < -0.39 is 10.0 Å². The van der Waals surface area contributed by atoms with Crippen LogP contribution in [0, 0.1) is 0 Å². The molecule has 1 aromatic rings. The molecule has 2 aliphatic rings. The summed E-state index contributed by atoms with van der Waals surface area (Å²) in [6, 6.07) is 6.45. The smallest absolute Gasteiger partial charge is 0.253 e. The van der Waals surface area contributed by atoms with E-state index in [-0.39, 0.29) is 16.8 Å². The Morgan fingerprint density at radius 2 is 1.64 bits per heavy atom. The number of benzene rings is 1. The number of carbonyl (C=O) groups is 1. The molecule has 2 fully saturated rings. The molecule has 1 atom stereocenters. The van der Waals surface area contributed by atoms with Gasteiger partial charge in [-0.2, -0.15) is 4.31 Å². The highest BCUT2D eigenvalue weighted by Crippen LogP contribution is 2.25. The second-order valence-electron chi connectivity index (χ2n) is 7.08. The highest BCUT2D eigenvalue weighted by Gasteiger charge is 2.31. The van der Waals surface area contributed by atoms with Crippen LogP contribution in [0.1, 0.15) is 36.5 Å². The molecule has 2 aliphatic heterocycles. The fourth-order valence-corrected chi connectivity index (χ4v) is 5.23. The number of sulfonamides is 1. The molecule has 0 aromatic heterocycles. The molecule has 0 radical (unpaired) electrons. The Labute approximate surface area is 150 Å². The van der Waals surface area contributed by atoms with Crippen molar-refractivity contribution in [3.63, 3.8) is 0 Å². The van der Waals surface area contributed by atoms with Gasteiger partial charge in [0, 0.05) is 44.3 Å². The van der Waals surface area contributed by atoms with Crippen molar-refractivity contribution in [3.05, 3.63) is 29.8 Å². The van der Waals surface area contributed by atoms with Gasteiger partial charge in [0.05, 0.1) is 4.90 Å². The molecule has 2 heterocycles. The predicted molar refractivity (Wildman–Crippen MR) is 97.0 cm³/mol. The number of rotatable bonds is 3. The number of likely N-dealkylation sites (N-methyl/N-ethyl adjacent to an activating group) is 1. The first-order valence-electron chi connectivity index (χ1n) is 8.99. The second-order valence-corrected chi connectivity index (χ2v) is 8.97. The van der Waals surface area contributed by atoms with Crippen LogP contribution in [0.4, 0.5) is 0 Å². The third-order valence-corrected chi connectivity index (χ3v) is 7.27. The number of amides is 1. The van der Waals surface area contributed by atoms with Gasteiger partial charge in [-0.25, -0.2) is 8.42 Å². The zero-order valence-electron chi connectivity index (χ0n) is 15.0. The summed E-state index contributed by atoms with van der Waals surface area (Å²) in [7, 11) is -1.44. The van der Waals surface area contributed by atoms with Crippen LogP contribution in [0.3, 0.4) is 0 Å². The molecule has 7 heteroatoms. The minimum absolute atomic E-state index is 0.0246. The summed E-state index contributed by atoms with van der Waals surface area (Å²) in [5.74, 6) is -0.0246. The largest absolute Gasteiger partial charge is 0.336 e. The Hall–Kier alpha value is -1.44. The van der Waals surface area contributed by atoms with Gasteiger partial charge in [-0.05, 0) is 51.1 Å². The van der Waals surface area contributed by atoms with Crippen LogP contribution in [0.25, 0.3) is 0 Å². The van der Waals surface area contributed by atoms with E-state index in [0.29, 0.717) is 25.2 Å². The highest BCUT2D eigenvalue weighted by molar-refractivity contribution is 7.89. The lowest BCUT2D eigenvalue weighted by atomic mass is 10.1. The molecule has 0 aliphatic carbocycles. The SMILES string of the molecule is CC1CCCCN1S(=O)(=O)c1ccc(C(=O)N2CCN(C)CC2)cc1. The molecular weight excluding hydrogens is 338 g/mol. The van der Waals surface area contributed by atoms with E-state index in [1.165, 1.54) is 0 Å². The lowest BCUT2D eigenvalue weighted by Gasteiger charge is -2.33. The molecule has 6 nitrogen and oxygen atoms in total. The molecule has 0 spiro atoms. The highest BCUT2D eigenvalue weighted by atomic mass is 32.2. The Balaban J connectivity index is 1.74. The first-order valence-corrected chi connectivity index (χ1v) is 10.4. The minimum Gasteiger partial charge on any atom is -0.336 e. The van der Waals surface area contributed by atoms with Crippen LogP contribution in [0.5, 0.6) is 0 Å². The topological polar surface area (TPSA) is 60.9 Å². The van der Waals surface area contributed by atoms with E-state index in [1.807, 2.05) is 18.9 Å². The molecule has 138 valence electrons. The van der Waals surface area contributed by atoms with Crippen molar-refractivity contribution in [2.75, 3.05) is 39.8 Å². The summed E-state index contributed by atoms with van der Waals surface area (Å²) in [5.41, 5.74) is 0.551. The number of hydrogen-bond acceptors (Lipinski definition) is 4. The fourth-order valence-electron chi connectivity index (χ4n) is 3.53. The van der Waals surface area contributed by atoms with Gasteiger partial charge in [0.15, 0.2) is 0 Å². The summed E-state index contributed by atoms with van der Waals surface area (Å²) < 4.78 is 27.3. The van der Waals surface area contributed by atoms with Gasteiger partial charge in [-0.15, -0.1) is 0 Å². The minimum atomic E-state index is -3.48. The average Bonchev–Trinajstić information content (AvgIpc) is 2.62. The number of piperazine rings is 1. The van der Waals surface area contributed by atoms with Crippen molar-refractivity contribution in [2.45, 2.75) is 37.1 Å². The normalized spacial score (nSPS) is 23.6. The zero-order valence-corrected chi connectivity index (χ0v) is 15.8. The van der Waals surface area contributed by atoms with Gasteiger partial charge in [0.1, 0.15) is 0 Å². The Kier molecular flexibility index (Phi) is 5.46. The van der Waals surface area contributed by atoms with E-state index in [1.54, 1.807) is 28.6 Å². The van der Waals surface area contributed by atoms with Crippen molar-refractivity contribution >= 4 is 15.9 Å². The monoisotopic (exact) mass is 365 g/mol. The molecule has 3 rings (SSSR count). The maximum Gasteiger partial charge on any atom is 0.253 e. The van der Waals surface area contributed by atoms with Crippen molar-refractivity contribution in [2.24, 2.45) is 0 Å². The standard InChI is InChI=1S/C18H27N3O3S/c1-15-5-3-4-10-21(15)25(23,24)17-8-6-16(7-9-17)18(22)20-13-11-19(2)12-14-20/h6-9,15H,3-5,10-14H2,1-2H3. The van der Waals surface area contributed by atoms with Gasteiger partial charge < -0.3 is 9.80 Å². The van der Waals surface area contributed by atoms with Gasteiger partial charge in [-0.1, -0.05) is 6.42 Å². The van der Waals surface area contributed by atoms with Gasteiger partial charge >= 0.3 is 0 Å². The molecule has 1 aromatic carbocycles. The molecule has 0 saturated carbocycles. The van der Waals surface area contributed by atoms with Crippen LogP contribution < -0.4 is 0 Å². The maximum atomic E-state index is 12.8. The van der Waals surface area contributed by atoms with Crippen LogP contribution >= 0.6 is 0 Å². The summed E-state index contributed by atoms with van der Waals surface area (Å²) >= 11 is 0. The van der Waals surface area contributed by atoms with Gasteiger partial charge in [0.25, 0.3) is 5.91 Å². The lowest BCUT2D eigenvalue weighted by Crippen LogP contribution is -2.47. The number of hydrogen-bond donors (Lipinski definition) is 0. The Morgan fingerprint density at radius 1 is 1.00 bits per heavy atom. The summed E-state index contributed by atoms with van der Waals surface area (Å²) in [4.78, 5) is 16.9. The third-order valence-electron chi connectivity index (χ3n) is 5.24. The first kappa shape index (κ1) is 18.4. The molecule has 1 unspecified atom stereocenters. The van der Waals surface area contributed by atoms with Crippen molar-refractivity contribution in [1.82, 2.24) is 14.1 Å². The number of piperidine rings is 1. The third kappa shape index (κ3) is 3.88. The first-order chi connectivity index (χ1) is 11.9. The molecule has 0 N–H and O–H groups in total. The van der Waals surface area contributed by atoms with E-state index in [4.69, 9.17) is 0 Å². The summed E-state index contributed by atoms with van der Waals surface area (Å²) in [6.07, 6.45) is 2.88. The van der Waals surface area contributed by atoms with E-state index in [2.05, 4.69) is 4.90 Å². The predicted octanol–water partition coefficient (Wildman–Crippen LogP) is 1.64. The molecule has 25 heavy (non-hydrogen) atoms. The van der Waals surface area contributed by atoms with E-state index in [0.717, 1.165) is 32.4 Å². The summed E-state index contributed by atoms with van der Waals surface area (Å²) in [5, 5.41) is 0. The van der Waals surface area contributed by atoms with E-state index in [9.17, 15) is 13.2 Å². The van der Waals surface area contributed by atoms with Crippen LogP contribution in [-0.2, 0) is 10.0 Å². The molecule has 0 bridgehead atoms. The maximum absolute atomic E-state index is 12.8. The van der Waals surface area contributed by atoms with Crippen LogP contribution in [-0.4, -0.2) is 74.2 Å². The number of carbonyl (C=O) groups excluding carboxylic acids is 1. The molecular formula is C18H27N3O3S. The molecule has 2 saturated heterocycles. The van der Waals surface area contributed by atoms with Crippen LogP contribution in [0.2, 0.25) is 0 Å². The fraction of sp³-hybridized carbons (Fsp3) is 0.611.